The van der Waals surface area contributed by atoms with Crippen LogP contribution in [0.4, 0.5) is 11.4 Å². The van der Waals surface area contributed by atoms with Gasteiger partial charge in [0.2, 0.25) is 11.2 Å². The molecule has 0 radical (unpaired) electrons. The lowest BCUT2D eigenvalue weighted by molar-refractivity contribution is 0.393. The Morgan fingerprint density at radius 3 is 2.80 bits per heavy atom. The number of nitrogens with one attached hydrogen (secondary N) is 1. The van der Waals surface area contributed by atoms with Crippen molar-refractivity contribution in [3.63, 3.8) is 0 Å². The van der Waals surface area contributed by atoms with Crippen LogP contribution in [0.5, 0.6) is 5.75 Å². The Bertz CT molecular complexity index is 1270. The summed E-state index contributed by atoms with van der Waals surface area (Å²) in [6.45, 7) is 4.17. The predicted molar refractivity (Wildman–Crippen MR) is 115 cm³/mol. The van der Waals surface area contributed by atoms with Crippen LogP contribution in [-0.4, -0.2) is 26.4 Å². The Balaban J connectivity index is 1.69. The van der Waals surface area contributed by atoms with Gasteiger partial charge < -0.3 is 9.26 Å². The van der Waals surface area contributed by atoms with E-state index in [4.69, 9.17) is 9.26 Å². The van der Waals surface area contributed by atoms with Gasteiger partial charge in [0.15, 0.2) is 0 Å². The summed E-state index contributed by atoms with van der Waals surface area (Å²) in [5, 5.41) is 4.90. The number of nitrogens with zero attached hydrogens (tertiary/aromatic N) is 4. The van der Waals surface area contributed by atoms with Gasteiger partial charge in [-0.1, -0.05) is 11.2 Å². The van der Waals surface area contributed by atoms with Gasteiger partial charge in [0.1, 0.15) is 11.5 Å². The number of benzene rings is 1. The van der Waals surface area contributed by atoms with Crippen LogP contribution in [0.15, 0.2) is 47.2 Å². The minimum atomic E-state index is -1.43. The van der Waals surface area contributed by atoms with E-state index in [9.17, 15) is 4.21 Å². The Labute approximate surface area is 175 Å². The smallest absolute Gasteiger partial charge is 0.223 e. The summed E-state index contributed by atoms with van der Waals surface area (Å²) < 4.78 is 28.6. The lowest BCUT2D eigenvalue weighted by Crippen LogP contribution is -2.24. The number of fused-ring (bicyclic) bond motifs is 3. The Morgan fingerprint density at radius 1 is 1.23 bits per heavy atom. The quantitative estimate of drug-likeness (QED) is 0.537. The van der Waals surface area contributed by atoms with Gasteiger partial charge in [-0.15, -0.1) is 0 Å². The van der Waals surface area contributed by atoms with Crippen molar-refractivity contribution in [3.05, 3.63) is 59.9 Å². The molecule has 0 spiro atoms. The second-order valence-electron chi connectivity index (χ2n) is 7.00. The molecule has 1 aliphatic heterocycles. The topological polar surface area (TPSA) is 93.4 Å². The third-order valence-electron chi connectivity index (χ3n) is 5.14. The van der Waals surface area contributed by atoms with E-state index in [0.29, 0.717) is 23.7 Å². The van der Waals surface area contributed by atoms with E-state index in [1.807, 2.05) is 44.2 Å². The summed E-state index contributed by atoms with van der Waals surface area (Å²) in [5.41, 5.74) is 5.64. The number of aromatic nitrogens is 3. The van der Waals surface area contributed by atoms with Gasteiger partial charge in [0.25, 0.3) is 0 Å². The van der Waals surface area contributed by atoms with E-state index in [0.717, 1.165) is 39.1 Å². The molecule has 152 valence electrons. The number of hydrogen-bond acceptors (Lipinski definition) is 6. The van der Waals surface area contributed by atoms with Crippen LogP contribution in [0.1, 0.15) is 17.1 Å². The van der Waals surface area contributed by atoms with Gasteiger partial charge in [0.05, 0.1) is 53.7 Å². The Morgan fingerprint density at radius 2 is 2.10 bits per heavy atom. The standard InChI is InChI=1S/C21H19N5O3S/c1-12-20(13(2)29-24-12)16-8-17-15(9-19(16)28-3)21-18(10-23-17)25-30(27)26(21)11-14-6-4-5-7-22-14/h4-10,25H,11H2,1-3H3. The fourth-order valence-corrected chi connectivity index (χ4v) is 4.85. The largest absolute Gasteiger partial charge is 0.496 e. The first-order chi connectivity index (χ1) is 14.6. The molecule has 1 aliphatic rings. The first kappa shape index (κ1) is 18.6. The van der Waals surface area contributed by atoms with Crippen LogP contribution >= 0.6 is 0 Å². The maximum atomic E-state index is 12.8. The highest BCUT2D eigenvalue weighted by Crippen LogP contribution is 2.44. The number of pyridine rings is 2. The van der Waals surface area contributed by atoms with Crippen LogP contribution in [0.3, 0.4) is 0 Å². The Hall–Kier alpha value is -3.46. The zero-order valence-corrected chi connectivity index (χ0v) is 17.5. The van der Waals surface area contributed by atoms with Gasteiger partial charge in [-0.05, 0) is 38.1 Å². The minimum Gasteiger partial charge on any atom is -0.496 e. The molecule has 3 aromatic heterocycles. The van der Waals surface area contributed by atoms with Crippen LogP contribution in [0.2, 0.25) is 0 Å². The molecule has 0 aliphatic carbocycles. The number of aryl methyl sites for hydroxylation is 2. The molecule has 9 heteroatoms. The zero-order chi connectivity index (χ0) is 20.8. The summed E-state index contributed by atoms with van der Waals surface area (Å²) in [6, 6.07) is 9.57. The summed E-state index contributed by atoms with van der Waals surface area (Å²) in [7, 11) is 1.63. The molecule has 0 bridgehead atoms. The molecular weight excluding hydrogens is 402 g/mol. The molecule has 0 saturated carbocycles. The second-order valence-corrected chi connectivity index (χ2v) is 8.14. The van der Waals surface area contributed by atoms with Crippen molar-refractivity contribution in [2.75, 3.05) is 16.1 Å². The van der Waals surface area contributed by atoms with Crippen LogP contribution in [0.25, 0.3) is 22.0 Å². The molecule has 1 unspecified atom stereocenters. The van der Waals surface area contributed by atoms with Crippen molar-refractivity contribution in [3.8, 4) is 16.9 Å². The lowest BCUT2D eigenvalue weighted by Gasteiger charge is -2.18. The van der Waals surface area contributed by atoms with Gasteiger partial charge in [-0.3, -0.25) is 19.0 Å². The highest BCUT2D eigenvalue weighted by Gasteiger charge is 2.30. The first-order valence-corrected chi connectivity index (χ1v) is 10.5. The molecule has 1 aromatic carbocycles. The molecular formula is C21H19N5O3S. The fraction of sp³-hybridized carbons (Fsp3) is 0.190. The molecule has 8 nitrogen and oxygen atoms in total. The second kappa shape index (κ2) is 7.10. The van der Waals surface area contributed by atoms with Crippen molar-refractivity contribution >= 4 is 33.4 Å². The van der Waals surface area contributed by atoms with Crippen molar-refractivity contribution in [2.24, 2.45) is 0 Å². The Kier molecular flexibility index (Phi) is 4.39. The van der Waals surface area contributed by atoms with E-state index in [1.54, 1.807) is 23.8 Å². The van der Waals surface area contributed by atoms with Gasteiger partial charge in [-0.25, -0.2) is 4.21 Å². The number of ether oxygens (including phenoxy) is 1. The maximum Gasteiger partial charge on any atom is 0.223 e. The SMILES string of the molecule is COc1cc2c3c(cnc2cc1-c1c(C)noc1C)NS(=O)N3Cc1ccccn1. The number of methoxy groups -OCH3 is 1. The molecule has 0 saturated heterocycles. The highest BCUT2D eigenvalue weighted by atomic mass is 32.2. The molecule has 0 fully saturated rings. The normalized spacial score (nSPS) is 15.3. The van der Waals surface area contributed by atoms with Crippen molar-refractivity contribution in [1.29, 1.82) is 0 Å². The molecule has 4 aromatic rings. The van der Waals surface area contributed by atoms with Gasteiger partial charge >= 0.3 is 0 Å². The third-order valence-corrected chi connectivity index (χ3v) is 6.25. The van der Waals surface area contributed by atoms with Gasteiger partial charge in [0, 0.05) is 17.1 Å². The monoisotopic (exact) mass is 421 g/mol. The molecule has 4 heterocycles. The molecule has 0 amide bonds. The van der Waals surface area contributed by atoms with E-state index in [-0.39, 0.29) is 0 Å². The number of anilines is 2. The molecule has 1 atom stereocenters. The average molecular weight is 421 g/mol. The molecule has 1 N–H and O–H groups in total. The molecule has 5 rings (SSSR count). The highest BCUT2D eigenvalue weighted by molar-refractivity contribution is 7.88. The van der Waals surface area contributed by atoms with Crippen molar-refractivity contribution in [2.45, 2.75) is 20.4 Å². The van der Waals surface area contributed by atoms with Gasteiger partial charge in [-0.2, -0.15) is 0 Å². The van der Waals surface area contributed by atoms with E-state index in [1.165, 1.54) is 0 Å². The first-order valence-electron chi connectivity index (χ1n) is 9.37. The molecule has 30 heavy (non-hydrogen) atoms. The fourth-order valence-electron chi connectivity index (χ4n) is 3.79. The maximum absolute atomic E-state index is 12.8. The van der Waals surface area contributed by atoms with E-state index >= 15 is 0 Å². The average Bonchev–Trinajstić information content (AvgIpc) is 3.26. The third kappa shape index (κ3) is 2.89. The predicted octanol–water partition coefficient (Wildman–Crippen LogP) is 3.92. The van der Waals surface area contributed by atoms with Crippen LogP contribution in [0, 0.1) is 13.8 Å². The minimum absolute atomic E-state index is 0.403. The summed E-state index contributed by atoms with van der Waals surface area (Å²) in [4.78, 5) is 8.96. The summed E-state index contributed by atoms with van der Waals surface area (Å²) >= 11 is -1.43. The van der Waals surface area contributed by atoms with E-state index in [2.05, 4.69) is 19.8 Å². The van der Waals surface area contributed by atoms with E-state index < -0.39 is 11.2 Å². The van der Waals surface area contributed by atoms with Crippen molar-refractivity contribution in [1.82, 2.24) is 15.1 Å². The lowest BCUT2D eigenvalue weighted by atomic mass is 10.00. The van der Waals surface area contributed by atoms with Crippen LogP contribution < -0.4 is 13.8 Å². The summed E-state index contributed by atoms with van der Waals surface area (Å²) in [6.07, 6.45) is 3.43. The van der Waals surface area contributed by atoms with Crippen LogP contribution in [-0.2, 0) is 17.7 Å². The van der Waals surface area contributed by atoms with Crippen molar-refractivity contribution < 1.29 is 13.5 Å². The zero-order valence-electron chi connectivity index (χ0n) is 16.7. The summed E-state index contributed by atoms with van der Waals surface area (Å²) in [5.74, 6) is 1.38. The number of rotatable bonds is 4. The number of hydrogen-bond donors (Lipinski definition) is 1.